The smallest absolute Gasteiger partial charge is 0.227 e. The maximum atomic E-state index is 12.3. The van der Waals surface area contributed by atoms with Gasteiger partial charge >= 0.3 is 0 Å². The molecule has 1 aromatic carbocycles. The normalized spacial score (nSPS) is 15.2. The topological polar surface area (TPSA) is 59.2 Å². The zero-order chi connectivity index (χ0) is 13.2. The number of nitrogen functional groups attached to an aromatic ring is 1. The van der Waals surface area contributed by atoms with Crippen LogP contribution in [-0.2, 0) is 17.8 Å². The summed E-state index contributed by atoms with van der Waals surface area (Å²) in [5.74, 6) is 0.165. The van der Waals surface area contributed by atoms with Gasteiger partial charge in [-0.25, -0.2) is 4.98 Å². The van der Waals surface area contributed by atoms with E-state index in [9.17, 15) is 4.79 Å². The first-order valence-electron chi connectivity index (χ1n) is 6.31. The Morgan fingerprint density at radius 1 is 1.37 bits per heavy atom. The number of amides is 1. The number of carbonyl (C=O) groups excluding carboxylic acids is 1. The SMILES string of the molecule is Nc1ccc2c(c1)CCCC(=O)N2Cc1nccs1. The molecule has 0 saturated heterocycles. The van der Waals surface area contributed by atoms with Gasteiger partial charge in [0.15, 0.2) is 0 Å². The number of rotatable bonds is 2. The number of aryl methyl sites for hydroxylation is 1. The van der Waals surface area contributed by atoms with Crippen LogP contribution in [0.5, 0.6) is 0 Å². The van der Waals surface area contributed by atoms with Crippen LogP contribution in [0.15, 0.2) is 29.8 Å². The molecule has 3 rings (SSSR count). The van der Waals surface area contributed by atoms with Gasteiger partial charge in [0.2, 0.25) is 5.91 Å². The summed E-state index contributed by atoms with van der Waals surface area (Å²) in [5.41, 5.74) is 8.72. The minimum atomic E-state index is 0.165. The molecule has 19 heavy (non-hydrogen) atoms. The average Bonchev–Trinajstić information content (AvgIpc) is 2.84. The van der Waals surface area contributed by atoms with E-state index >= 15 is 0 Å². The van der Waals surface area contributed by atoms with Crippen molar-refractivity contribution in [1.29, 1.82) is 0 Å². The Kier molecular flexibility index (Phi) is 3.21. The molecule has 0 bridgehead atoms. The third-order valence-corrected chi connectivity index (χ3v) is 4.07. The van der Waals surface area contributed by atoms with Gasteiger partial charge in [-0.2, -0.15) is 0 Å². The molecule has 2 heterocycles. The van der Waals surface area contributed by atoms with Crippen molar-refractivity contribution in [3.05, 3.63) is 40.3 Å². The lowest BCUT2D eigenvalue weighted by Crippen LogP contribution is -2.29. The summed E-state index contributed by atoms with van der Waals surface area (Å²) in [6.45, 7) is 0.549. The molecule has 98 valence electrons. The lowest BCUT2D eigenvalue weighted by atomic mass is 10.1. The highest BCUT2D eigenvalue weighted by Crippen LogP contribution is 2.30. The number of nitrogens with two attached hydrogens (primary N) is 1. The summed E-state index contributed by atoms with van der Waals surface area (Å²) in [5, 5.41) is 2.89. The maximum absolute atomic E-state index is 12.3. The highest BCUT2D eigenvalue weighted by atomic mass is 32.1. The van der Waals surface area contributed by atoms with Gasteiger partial charge in [-0.05, 0) is 36.6 Å². The molecule has 2 aromatic rings. The van der Waals surface area contributed by atoms with E-state index in [0.717, 1.165) is 34.8 Å². The number of nitrogens with zero attached hydrogens (tertiary/aromatic N) is 2. The highest BCUT2D eigenvalue weighted by Gasteiger charge is 2.23. The van der Waals surface area contributed by atoms with E-state index in [1.165, 1.54) is 0 Å². The number of thiazole rings is 1. The van der Waals surface area contributed by atoms with Crippen molar-refractivity contribution in [2.75, 3.05) is 10.6 Å². The van der Waals surface area contributed by atoms with E-state index in [1.807, 2.05) is 28.5 Å². The quantitative estimate of drug-likeness (QED) is 0.856. The monoisotopic (exact) mass is 273 g/mol. The van der Waals surface area contributed by atoms with E-state index in [-0.39, 0.29) is 5.91 Å². The first-order valence-corrected chi connectivity index (χ1v) is 7.19. The van der Waals surface area contributed by atoms with Crippen LogP contribution in [-0.4, -0.2) is 10.9 Å². The number of hydrogen-bond acceptors (Lipinski definition) is 4. The number of anilines is 2. The van der Waals surface area contributed by atoms with E-state index in [1.54, 1.807) is 17.5 Å². The standard InChI is InChI=1S/C14H15N3OS/c15-11-4-5-12-10(8-11)2-1-3-14(18)17(12)9-13-16-6-7-19-13/h4-8H,1-3,9,15H2. The number of carbonyl (C=O) groups is 1. The van der Waals surface area contributed by atoms with E-state index in [0.29, 0.717) is 13.0 Å². The van der Waals surface area contributed by atoms with Gasteiger partial charge in [0.1, 0.15) is 5.01 Å². The Morgan fingerprint density at radius 2 is 2.26 bits per heavy atom. The molecule has 0 spiro atoms. The van der Waals surface area contributed by atoms with Gasteiger partial charge in [0, 0.05) is 29.4 Å². The van der Waals surface area contributed by atoms with Crippen molar-refractivity contribution in [1.82, 2.24) is 4.98 Å². The van der Waals surface area contributed by atoms with Crippen molar-refractivity contribution in [2.24, 2.45) is 0 Å². The molecule has 0 radical (unpaired) electrons. The van der Waals surface area contributed by atoms with Gasteiger partial charge in [0.25, 0.3) is 0 Å². The van der Waals surface area contributed by atoms with Crippen LogP contribution in [0.4, 0.5) is 11.4 Å². The van der Waals surface area contributed by atoms with E-state index < -0.39 is 0 Å². The fraction of sp³-hybridized carbons (Fsp3) is 0.286. The zero-order valence-corrected chi connectivity index (χ0v) is 11.3. The Labute approximate surface area is 115 Å². The van der Waals surface area contributed by atoms with Gasteiger partial charge in [0.05, 0.1) is 6.54 Å². The molecule has 0 unspecified atom stereocenters. The third kappa shape index (κ3) is 2.46. The van der Waals surface area contributed by atoms with Crippen LogP contribution in [0.2, 0.25) is 0 Å². The number of benzene rings is 1. The Balaban J connectivity index is 1.99. The number of hydrogen-bond donors (Lipinski definition) is 1. The molecule has 0 atom stereocenters. The molecular weight excluding hydrogens is 258 g/mol. The predicted octanol–water partition coefficient (Wildman–Crippen LogP) is 2.59. The predicted molar refractivity (Wildman–Crippen MR) is 77.1 cm³/mol. The second kappa shape index (κ2) is 5.01. The molecule has 5 heteroatoms. The molecule has 1 aromatic heterocycles. The van der Waals surface area contributed by atoms with Gasteiger partial charge in [-0.3, -0.25) is 4.79 Å². The third-order valence-electron chi connectivity index (χ3n) is 3.31. The van der Waals surface area contributed by atoms with Crippen LogP contribution < -0.4 is 10.6 Å². The van der Waals surface area contributed by atoms with Crippen LogP contribution in [0.25, 0.3) is 0 Å². The summed E-state index contributed by atoms with van der Waals surface area (Å²) < 4.78 is 0. The molecule has 4 nitrogen and oxygen atoms in total. The van der Waals surface area contributed by atoms with Crippen molar-refractivity contribution in [2.45, 2.75) is 25.8 Å². The second-order valence-corrected chi connectivity index (χ2v) is 5.63. The molecule has 1 aliphatic rings. The fourth-order valence-electron chi connectivity index (χ4n) is 2.41. The molecule has 0 aliphatic carbocycles. The lowest BCUT2D eigenvalue weighted by molar-refractivity contribution is -0.118. The van der Waals surface area contributed by atoms with Crippen LogP contribution in [0.1, 0.15) is 23.4 Å². The first-order chi connectivity index (χ1) is 9.24. The van der Waals surface area contributed by atoms with E-state index in [2.05, 4.69) is 4.98 Å². The largest absolute Gasteiger partial charge is 0.399 e. The van der Waals surface area contributed by atoms with Gasteiger partial charge < -0.3 is 10.6 Å². The first kappa shape index (κ1) is 12.2. The fourth-order valence-corrected chi connectivity index (χ4v) is 3.01. The molecule has 1 amide bonds. The molecule has 0 saturated carbocycles. The Bertz CT molecular complexity index is 595. The highest BCUT2D eigenvalue weighted by molar-refractivity contribution is 7.09. The summed E-state index contributed by atoms with van der Waals surface area (Å²) in [7, 11) is 0. The number of aromatic nitrogens is 1. The molecule has 0 fully saturated rings. The minimum absolute atomic E-state index is 0.165. The van der Waals surface area contributed by atoms with Gasteiger partial charge in [-0.1, -0.05) is 0 Å². The summed E-state index contributed by atoms with van der Waals surface area (Å²) in [6.07, 6.45) is 4.14. The summed E-state index contributed by atoms with van der Waals surface area (Å²) in [4.78, 5) is 18.4. The maximum Gasteiger partial charge on any atom is 0.227 e. The summed E-state index contributed by atoms with van der Waals surface area (Å²) in [6, 6.07) is 5.77. The van der Waals surface area contributed by atoms with Crippen molar-refractivity contribution < 1.29 is 4.79 Å². The Hall–Kier alpha value is -1.88. The molecular formula is C14H15N3OS. The van der Waals surface area contributed by atoms with E-state index in [4.69, 9.17) is 5.73 Å². The molecule has 2 N–H and O–H groups in total. The molecule has 1 aliphatic heterocycles. The van der Waals surface area contributed by atoms with Gasteiger partial charge in [-0.15, -0.1) is 11.3 Å². The van der Waals surface area contributed by atoms with Crippen molar-refractivity contribution >= 4 is 28.6 Å². The zero-order valence-electron chi connectivity index (χ0n) is 10.5. The minimum Gasteiger partial charge on any atom is -0.399 e. The van der Waals surface area contributed by atoms with Crippen molar-refractivity contribution in [3.63, 3.8) is 0 Å². The summed E-state index contributed by atoms with van der Waals surface area (Å²) >= 11 is 1.57. The van der Waals surface area contributed by atoms with Crippen LogP contribution >= 0.6 is 11.3 Å². The lowest BCUT2D eigenvalue weighted by Gasteiger charge is -2.22. The number of fused-ring (bicyclic) bond motifs is 1. The van der Waals surface area contributed by atoms with Crippen LogP contribution in [0, 0.1) is 0 Å². The van der Waals surface area contributed by atoms with Crippen molar-refractivity contribution in [3.8, 4) is 0 Å². The average molecular weight is 273 g/mol. The second-order valence-electron chi connectivity index (χ2n) is 4.65. The Morgan fingerprint density at radius 3 is 3.05 bits per heavy atom. The van der Waals surface area contributed by atoms with Crippen LogP contribution in [0.3, 0.4) is 0 Å².